The zero-order valence-electron chi connectivity index (χ0n) is 12.9. The first-order valence-electron chi connectivity index (χ1n) is 7.23. The quantitative estimate of drug-likeness (QED) is 0.818. The van der Waals surface area contributed by atoms with E-state index in [1.165, 1.54) is 10.6 Å². The lowest BCUT2D eigenvalue weighted by Crippen LogP contribution is -2.48. The standard InChI is InChI=1S/C14H21N5O2S/c1-17-13-4-3-11(15)9-12(13)16-14(17)10-18-5-7-19(8-6-18)22(2,20)21/h3-4,9H,5-8,10,15H2,1-2H3. The number of sulfonamides is 1. The first-order chi connectivity index (χ1) is 10.3. The number of nitrogen functional groups attached to an aromatic ring is 1. The Bertz CT molecular complexity index is 791. The van der Waals surface area contributed by atoms with Crippen LogP contribution in [0.2, 0.25) is 0 Å². The molecule has 1 aromatic carbocycles. The van der Waals surface area contributed by atoms with E-state index in [0.29, 0.717) is 25.3 Å². The van der Waals surface area contributed by atoms with Crippen molar-refractivity contribution in [3.05, 3.63) is 24.0 Å². The molecular formula is C14H21N5O2S. The summed E-state index contributed by atoms with van der Waals surface area (Å²) in [4.78, 5) is 6.87. The predicted molar refractivity (Wildman–Crippen MR) is 86.8 cm³/mol. The zero-order valence-corrected chi connectivity index (χ0v) is 13.7. The van der Waals surface area contributed by atoms with Crippen LogP contribution < -0.4 is 5.73 Å². The summed E-state index contributed by atoms with van der Waals surface area (Å²) in [5.74, 6) is 0.966. The summed E-state index contributed by atoms with van der Waals surface area (Å²) in [6.07, 6.45) is 1.26. The number of nitrogens with zero attached hydrogens (tertiary/aromatic N) is 4. The fourth-order valence-corrected chi connectivity index (χ4v) is 3.65. The molecule has 2 N–H and O–H groups in total. The lowest BCUT2D eigenvalue weighted by Gasteiger charge is -2.32. The second kappa shape index (κ2) is 5.53. The molecule has 8 heteroatoms. The van der Waals surface area contributed by atoms with Crippen molar-refractivity contribution in [3.63, 3.8) is 0 Å². The predicted octanol–water partition coefficient (Wildman–Crippen LogP) is 0.233. The first-order valence-corrected chi connectivity index (χ1v) is 9.08. The second-order valence-electron chi connectivity index (χ2n) is 5.77. The first kappa shape index (κ1) is 15.3. The lowest BCUT2D eigenvalue weighted by molar-refractivity contribution is 0.177. The summed E-state index contributed by atoms with van der Waals surface area (Å²) in [6, 6.07) is 5.72. The molecule has 0 bridgehead atoms. The number of rotatable bonds is 3. The average Bonchev–Trinajstić information content (AvgIpc) is 2.74. The summed E-state index contributed by atoms with van der Waals surface area (Å²) in [7, 11) is -1.09. The Kier molecular flexibility index (Phi) is 3.84. The van der Waals surface area contributed by atoms with Crippen LogP contribution >= 0.6 is 0 Å². The molecule has 3 rings (SSSR count). The maximum atomic E-state index is 11.5. The van der Waals surface area contributed by atoms with Gasteiger partial charge < -0.3 is 10.3 Å². The fourth-order valence-electron chi connectivity index (χ4n) is 2.83. The van der Waals surface area contributed by atoms with Gasteiger partial charge in [0.05, 0.1) is 23.8 Å². The number of aromatic nitrogens is 2. The van der Waals surface area contributed by atoms with Crippen LogP contribution in [0.4, 0.5) is 5.69 Å². The van der Waals surface area contributed by atoms with E-state index in [9.17, 15) is 8.42 Å². The minimum Gasteiger partial charge on any atom is -0.399 e. The minimum absolute atomic E-state index is 0.537. The number of nitrogens with two attached hydrogens (primary N) is 1. The summed E-state index contributed by atoms with van der Waals surface area (Å²) >= 11 is 0. The third-order valence-electron chi connectivity index (χ3n) is 4.16. The van der Waals surface area contributed by atoms with Crippen LogP contribution in [-0.2, 0) is 23.6 Å². The highest BCUT2D eigenvalue weighted by Crippen LogP contribution is 2.19. The highest BCUT2D eigenvalue weighted by atomic mass is 32.2. The fraction of sp³-hybridized carbons (Fsp3) is 0.500. The van der Waals surface area contributed by atoms with Gasteiger partial charge in [0, 0.05) is 38.9 Å². The van der Waals surface area contributed by atoms with Crippen molar-refractivity contribution in [3.8, 4) is 0 Å². The average molecular weight is 323 g/mol. The molecule has 2 heterocycles. The number of piperazine rings is 1. The highest BCUT2D eigenvalue weighted by molar-refractivity contribution is 7.88. The summed E-state index contributed by atoms with van der Waals surface area (Å²) in [5, 5.41) is 0. The zero-order chi connectivity index (χ0) is 15.9. The molecule has 0 atom stereocenters. The monoisotopic (exact) mass is 323 g/mol. The van der Waals surface area contributed by atoms with Crippen LogP contribution in [0.3, 0.4) is 0 Å². The molecule has 1 fully saturated rings. The molecule has 2 aromatic rings. The Morgan fingerprint density at radius 1 is 1.23 bits per heavy atom. The van der Waals surface area contributed by atoms with Crippen LogP contribution in [0.15, 0.2) is 18.2 Å². The topological polar surface area (TPSA) is 84.5 Å². The van der Waals surface area contributed by atoms with Crippen LogP contribution in [0.5, 0.6) is 0 Å². The number of fused-ring (bicyclic) bond motifs is 1. The third kappa shape index (κ3) is 2.94. The summed E-state index contributed by atoms with van der Waals surface area (Å²) < 4.78 is 26.7. The Morgan fingerprint density at radius 2 is 1.91 bits per heavy atom. The Balaban J connectivity index is 1.73. The molecule has 0 amide bonds. The minimum atomic E-state index is -3.08. The maximum Gasteiger partial charge on any atom is 0.211 e. The maximum absolute atomic E-state index is 11.5. The van der Waals surface area contributed by atoms with Crippen molar-refractivity contribution < 1.29 is 8.42 Å². The van der Waals surface area contributed by atoms with Gasteiger partial charge in [0.1, 0.15) is 5.82 Å². The van der Waals surface area contributed by atoms with Crippen molar-refractivity contribution in [2.24, 2.45) is 7.05 Å². The normalized spacial score (nSPS) is 18.1. The number of anilines is 1. The number of imidazole rings is 1. The number of aryl methyl sites for hydroxylation is 1. The largest absolute Gasteiger partial charge is 0.399 e. The molecular weight excluding hydrogens is 302 g/mol. The molecule has 0 aliphatic carbocycles. The van der Waals surface area contributed by atoms with Gasteiger partial charge >= 0.3 is 0 Å². The Labute approximate surface area is 130 Å². The van der Waals surface area contributed by atoms with E-state index in [4.69, 9.17) is 5.73 Å². The summed E-state index contributed by atoms with van der Waals surface area (Å²) in [5.41, 5.74) is 8.46. The molecule has 0 spiro atoms. The molecule has 1 aliphatic rings. The van der Waals surface area contributed by atoms with Crippen LogP contribution in [0, 0.1) is 0 Å². The van der Waals surface area contributed by atoms with E-state index < -0.39 is 10.0 Å². The van der Waals surface area contributed by atoms with E-state index in [1.807, 2.05) is 25.2 Å². The van der Waals surface area contributed by atoms with Crippen LogP contribution in [-0.4, -0.2) is 59.6 Å². The van der Waals surface area contributed by atoms with Gasteiger partial charge in [0.2, 0.25) is 10.0 Å². The van der Waals surface area contributed by atoms with E-state index in [2.05, 4.69) is 14.5 Å². The van der Waals surface area contributed by atoms with Gasteiger partial charge in [-0.25, -0.2) is 13.4 Å². The van der Waals surface area contributed by atoms with E-state index >= 15 is 0 Å². The molecule has 120 valence electrons. The number of hydrogen-bond donors (Lipinski definition) is 1. The highest BCUT2D eigenvalue weighted by Gasteiger charge is 2.24. The van der Waals surface area contributed by atoms with Crippen LogP contribution in [0.25, 0.3) is 11.0 Å². The van der Waals surface area contributed by atoms with Gasteiger partial charge in [0.25, 0.3) is 0 Å². The third-order valence-corrected chi connectivity index (χ3v) is 5.47. The van der Waals surface area contributed by atoms with Crippen LogP contribution in [0.1, 0.15) is 5.82 Å². The Hall–Kier alpha value is -1.64. The number of benzene rings is 1. The molecule has 22 heavy (non-hydrogen) atoms. The SMILES string of the molecule is Cn1c(CN2CCN(S(C)(=O)=O)CC2)nc2cc(N)ccc21. The molecule has 1 aromatic heterocycles. The lowest BCUT2D eigenvalue weighted by atomic mass is 10.3. The van der Waals surface area contributed by atoms with Crippen molar-refractivity contribution in [1.82, 2.24) is 18.8 Å². The molecule has 1 aliphatic heterocycles. The van der Waals surface area contributed by atoms with Crippen molar-refractivity contribution >= 4 is 26.7 Å². The van der Waals surface area contributed by atoms with Gasteiger partial charge in [-0.3, -0.25) is 4.90 Å². The number of hydrogen-bond acceptors (Lipinski definition) is 5. The van der Waals surface area contributed by atoms with Gasteiger partial charge in [0.15, 0.2) is 0 Å². The molecule has 1 saturated heterocycles. The van der Waals surface area contributed by atoms with Gasteiger partial charge in [-0.1, -0.05) is 0 Å². The van der Waals surface area contributed by atoms with Crippen molar-refractivity contribution in [2.45, 2.75) is 6.54 Å². The smallest absolute Gasteiger partial charge is 0.211 e. The molecule has 7 nitrogen and oxygen atoms in total. The van der Waals surface area contributed by atoms with Gasteiger partial charge in [-0.05, 0) is 18.2 Å². The second-order valence-corrected chi connectivity index (χ2v) is 7.76. The van der Waals surface area contributed by atoms with E-state index in [1.54, 1.807) is 0 Å². The van der Waals surface area contributed by atoms with E-state index in [0.717, 1.165) is 29.9 Å². The van der Waals surface area contributed by atoms with Crippen molar-refractivity contribution in [2.75, 3.05) is 38.2 Å². The Morgan fingerprint density at radius 3 is 2.55 bits per heavy atom. The molecule has 0 radical (unpaired) electrons. The van der Waals surface area contributed by atoms with Gasteiger partial charge in [-0.15, -0.1) is 0 Å². The van der Waals surface area contributed by atoms with E-state index in [-0.39, 0.29) is 0 Å². The summed E-state index contributed by atoms with van der Waals surface area (Å²) in [6.45, 7) is 3.23. The molecule has 0 saturated carbocycles. The molecule has 0 unspecified atom stereocenters. The van der Waals surface area contributed by atoms with Gasteiger partial charge in [-0.2, -0.15) is 4.31 Å². The van der Waals surface area contributed by atoms with Crippen molar-refractivity contribution in [1.29, 1.82) is 0 Å².